The van der Waals surface area contributed by atoms with Crippen LogP contribution in [0.1, 0.15) is 47.4 Å². The second kappa shape index (κ2) is 5.72. The third-order valence-corrected chi connectivity index (χ3v) is 6.59. The molecule has 1 nitrogen and oxygen atoms in total. The van der Waals surface area contributed by atoms with Crippen molar-refractivity contribution in [2.24, 2.45) is 0 Å². The average Bonchev–Trinajstić information content (AvgIpc) is 3.23. The molecule has 0 N–H and O–H groups in total. The SMILES string of the molecule is Cc1ccc2c(c1)C(C)C1=CC(c3ccc4oc5ccccc5c4c3)=CC[C@H]12. The minimum absolute atomic E-state index is 0.502. The summed E-state index contributed by atoms with van der Waals surface area (Å²) in [6.07, 6.45) is 5.95. The van der Waals surface area contributed by atoms with Crippen molar-refractivity contribution < 1.29 is 4.42 Å². The Morgan fingerprint density at radius 1 is 0.857 bits per heavy atom. The van der Waals surface area contributed by atoms with Crippen LogP contribution >= 0.6 is 0 Å². The van der Waals surface area contributed by atoms with E-state index in [2.05, 4.69) is 74.5 Å². The first-order valence-electron chi connectivity index (χ1n) is 10.1. The maximum Gasteiger partial charge on any atom is 0.135 e. The van der Waals surface area contributed by atoms with Crippen LogP contribution < -0.4 is 0 Å². The molecule has 1 heterocycles. The fourth-order valence-electron chi connectivity index (χ4n) is 5.13. The summed E-state index contributed by atoms with van der Waals surface area (Å²) in [5, 5.41) is 2.39. The van der Waals surface area contributed by atoms with Crippen LogP contribution in [0.4, 0.5) is 0 Å². The molecule has 6 rings (SSSR count). The van der Waals surface area contributed by atoms with Gasteiger partial charge >= 0.3 is 0 Å². The van der Waals surface area contributed by atoms with Crippen molar-refractivity contribution in [1.82, 2.24) is 0 Å². The number of para-hydroxylation sites is 1. The minimum Gasteiger partial charge on any atom is -0.456 e. The number of hydrogen-bond donors (Lipinski definition) is 0. The van der Waals surface area contributed by atoms with Crippen molar-refractivity contribution >= 4 is 27.5 Å². The van der Waals surface area contributed by atoms with Crippen molar-refractivity contribution in [3.8, 4) is 0 Å². The Morgan fingerprint density at radius 3 is 2.64 bits per heavy atom. The molecule has 0 aliphatic heterocycles. The first kappa shape index (κ1) is 15.9. The van der Waals surface area contributed by atoms with Gasteiger partial charge in [0.25, 0.3) is 0 Å². The maximum atomic E-state index is 6.00. The molecule has 0 fully saturated rings. The zero-order valence-corrected chi connectivity index (χ0v) is 16.2. The van der Waals surface area contributed by atoms with E-state index in [1.807, 2.05) is 12.1 Å². The summed E-state index contributed by atoms with van der Waals surface area (Å²) in [6, 6.07) is 21.9. The summed E-state index contributed by atoms with van der Waals surface area (Å²) < 4.78 is 6.00. The Bertz CT molecular complexity index is 1310. The average molecular weight is 362 g/mol. The van der Waals surface area contributed by atoms with E-state index < -0.39 is 0 Å². The van der Waals surface area contributed by atoms with Crippen molar-refractivity contribution in [2.45, 2.75) is 32.1 Å². The van der Waals surface area contributed by atoms with Gasteiger partial charge in [0.15, 0.2) is 0 Å². The van der Waals surface area contributed by atoms with Gasteiger partial charge in [-0.05, 0) is 53.8 Å². The standard InChI is InChI=1S/C27H22O/c1-16-7-10-20-21-11-8-18(14-24(21)17(2)23(20)13-16)19-9-12-27-25(15-19)22-5-3-4-6-26(22)28-27/h3-10,12-15,17,21H,11H2,1-2H3/t17?,21-/m0/s1. The van der Waals surface area contributed by atoms with Crippen LogP contribution in [-0.4, -0.2) is 0 Å². The highest BCUT2D eigenvalue weighted by molar-refractivity contribution is 6.06. The Balaban J connectivity index is 1.45. The van der Waals surface area contributed by atoms with Gasteiger partial charge in [-0.1, -0.05) is 72.7 Å². The van der Waals surface area contributed by atoms with Gasteiger partial charge < -0.3 is 4.42 Å². The van der Waals surface area contributed by atoms with E-state index >= 15 is 0 Å². The quantitative estimate of drug-likeness (QED) is 0.341. The number of hydrogen-bond acceptors (Lipinski definition) is 1. The monoisotopic (exact) mass is 362 g/mol. The van der Waals surface area contributed by atoms with E-state index in [0.29, 0.717) is 11.8 Å². The Kier molecular flexibility index (Phi) is 3.26. The molecule has 28 heavy (non-hydrogen) atoms. The largest absolute Gasteiger partial charge is 0.456 e. The van der Waals surface area contributed by atoms with Crippen LogP contribution in [0.15, 0.2) is 82.8 Å². The van der Waals surface area contributed by atoms with Gasteiger partial charge in [-0.3, -0.25) is 0 Å². The highest BCUT2D eigenvalue weighted by Crippen LogP contribution is 2.51. The molecule has 0 saturated heterocycles. The molecule has 3 aromatic carbocycles. The predicted octanol–water partition coefficient (Wildman–Crippen LogP) is 7.51. The lowest BCUT2D eigenvalue weighted by atomic mass is 9.84. The molecule has 2 aliphatic rings. The second-order valence-electron chi connectivity index (χ2n) is 8.26. The molecule has 0 radical (unpaired) electrons. The zero-order chi connectivity index (χ0) is 18.8. The van der Waals surface area contributed by atoms with E-state index in [4.69, 9.17) is 4.42 Å². The topological polar surface area (TPSA) is 13.1 Å². The van der Waals surface area contributed by atoms with Crippen molar-refractivity contribution in [1.29, 1.82) is 0 Å². The van der Waals surface area contributed by atoms with Gasteiger partial charge in [-0.15, -0.1) is 0 Å². The van der Waals surface area contributed by atoms with Crippen LogP contribution in [0, 0.1) is 6.92 Å². The highest BCUT2D eigenvalue weighted by Gasteiger charge is 2.34. The van der Waals surface area contributed by atoms with E-state index in [-0.39, 0.29) is 0 Å². The van der Waals surface area contributed by atoms with Gasteiger partial charge in [0.2, 0.25) is 0 Å². The van der Waals surface area contributed by atoms with Crippen LogP contribution in [0.3, 0.4) is 0 Å². The second-order valence-corrected chi connectivity index (χ2v) is 8.26. The van der Waals surface area contributed by atoms with E-state index in [0.717, 1.165) is 17.6 Å². The lowest BCUT2D eigenvalue weighted by Crippen LogP contribution is -2.02. The Hall–Kier alpha value is -3.06. The van der Waals surface area contributed by atoms with Crippen molar-refractivity contribution in [3.05, 3.63) is 101 Å². The van der Waals surface area contributed by atoms with E-state index in [1.54, 1.807) is 5.57 Å². The van der Waals surface area contributed by atoms with Crippen molar-refractivity contribution in [3.63, 3.8) is 0 Å². The summed E-state index contributed by atoms with van der Waals surface area (Å²) in [5.74, 6) is 1.05. The van der Waals surface area contributed by atoms with Crippen molar-refractivity contribution in [2.75, 3.05) is 0 Å². The fraction of sp³-hybridized carbons (Fsp3) is 0.185. The van der Waals surface area contributed by atoms with Crippen LogP contribution in [0.25, 0.3) is 27.5 Å². The molecule has 0 amide bonds. The number of benzene rings is 3. The maximum absolute atomic E-state index is 6.00. The molecule has 0 spiro atoms. The smallest absolute Gasteiger partial charge is 0.135 e. The molecule has 1 heteroatoms. The van der Waals surface area contributed by atoms with Gasteiger partial charge in [0.1, 0.15) is 11.2 Å². The minimum atomic E-state index is 0.502. The van der Waals surface area contributed by atoms with Gasteiger partial charge in [-0.2, -0.15) is 0 Å². The molecule has 0 saturated carbocycles. The summed E-state index contributed by atoms with van der Waals surface area (Å²) in [7, 11) is 0. The lowest BCUT2D eigenvalue weighted by molar-refractivity contribution is 0.669. The Labute approximate surface area is 165 Å². The first-order chi connectivity index (χ1) is 13.7. The molecule has 1 unspecified atom stereocenters. The van der Waals surface area contributed by atoms with Gasteiger partial charge in [0.05, 0.1) is 0 Å². The number of furan rings is 1. The van der Waals surface area contributed by atoms with Crippen LogP contribution in [0.2, 0.25) is 0 Å². The third kappa shape index (κ3) is 2.19. The molecule has 4 aromatic rings. The van der Waals surface area contributed by atoms with Gasteiger partial charge in [0, 0.05) is 22.6 Å². The first-order valence-corrected chi connectivity index (χ1v) is 10.1. The predicted molar refractivity (Wildman–Crippen MR) is 117 cm³/mol. The number of allylic oxidation sites excluding steroid dienone is 4. The van der Waals surface area contributed by atoms with Gasteiger partial charge in [-0.25, -0.2) is 0 Å². The lowest BCUT2D eigenvalue weighted by Gasteiger charge is -2.20. The molecule has 1 aromatic heterocycles. The molecule has 2 atom stereocenters. The highest BCUT2D eigenvalue weighted by atomic mass is 16.3. The molecular formula is C27H22O. The molecule has 2 aliphatic carbocycles. The summed E-state index contributed by atoms with van der Waals surface area (Å²) >= 11 is 0. The summed E-state index contributed by atoms with van der Waals surface area (Å²) in [6.45, 7) is 4.55. The van der Waals surface area contributed by atoms with E-state index in [1.165, 1.54) is 38.6 Å². The molecule has 136 valence electrons. The molecule has 0 bridgehead atoms. The number of fused-ring (bicyclic) bond motifs is 6. The summed E-state index contributed by atoms with van der Waals surface area (Å²) in [4.78, 5) is 0. The number of aryl methyl sites for hydroxylation is 1. The zero-order valence-electron chi connectivity index (χ0n) is 16.2. The summed E-state index contributed by atoms with van der Waals surface area (Å²) in [5.41, 5.74) is 10.5. The third-order valence-electron chi connectivity index (χ3n) is 6.59. The number of rotatable bonds is 1. The Morgan fingerprint density at radius 2 is 1.71 bits per heavy atom. The van der Waals surface area contributed by atoms with Crippen LogP contribution in [0.5, 0.6) is 0 Å². The van der Waals surface area contributed by atoms with E-state index in [9.17, 15) is 0 Å². The normalized spacial score (nSPS) is 20.8. The molecular weight excluding hydrogens is 340 g/mol. The fourth-order valence-corrected chi connectivity index (χ4v) is 5.13. The van der Waals surface area contributed by atoms with Crippen LogP contribution in [-0.2, 0) is 0 Å².